The Kier molecular flexibility index (Phi) is 12.4. The summed E-state index contributed by atoms with van der Waals surface area (Å²) in [6.07, 6.45) is 5.97. The van der Waals surface area contributed by atoms with E-state index in [9.17, 15) is 0 Å². The first-order valence-corrected chi connectivity index (χ1v) is 9.11. The number of imidazole rings is 1. The van der Waals surface area contributed by atoms with Crippen molar-refractivity contribution in [1.29, 1.82) is 0 Å². The van der Waals surface area contributed by atoms with E-state index in [0.717, 1.165) is 12.5 Å². The van der Waals surface area contributed by atoms with Gasteiger partial charge in [0.05, 0.1) is 6.33 Å². The Labute approximate surface area is 122 Å². The highest BCUT2D eigenvalue weighted by Gasteiger charge is 2.39. The highest BCUT2D eigenvalue weighted by molar-refractivity contribution is 6.60. The lowest BCUT2D eigenvalue weighted by atomic mass is 10.6. The third kappa shape index (κ3) is 9.18. The van der Waals surface area contributed by atoms with Gasteiger partial charge in [-0.25, -0.2) is 4.98 Å². The quantitative estimate of drug-likeness (QED) is 0.562. The van der Waals surface area contributed by atoms with E-state index < -0.39 is 8.80 Å². The third-order valence-electron chi connectivity index (χ3n) is 2.12. The average Bonchev–Trinajstić information content (AvgIpc) is 2.96. The van der Waals surface area contributed by atoms with Crippen molar-refractivity contribution in [2.45, 2.75) is 33.2 Å². The predicted octanol–water partition coefficient (Wildman–Crippen LogP) is 3.07. The molecule has 0 amide bonds. The average molecular weight is 309 g/mol. The number of nitrogens with one attached hydrogen (secondary N) is 1. The molecule has 7 heteroatoms. The maximum absolute atomic E-state index is 5.66. The van der Waals surface area contributed by atoms with Crippen LogP contribution in [0.15, 0.2) is 18.7 Å². The summed E-state index contributed by atoms with van der Waals surface area (Å²) >= 11 is 5.66. The van der Waals surface area contributed by atoms with Gasteiger partial charge in [-0.05, 0) is 27.2 Å². The second-order valence-electron chi connectivity index (χ2n) is 3.54. The number of rotatable bonds is 9. The van der Waals surface area contributed by atoms with Crippen LogP contribution in [0, 0.1) is 0 Å². The molecule has 5 nitrogen and oxygen atoms in total. The first-order valence-electron chi connectivity index (χ1n) is 6.65. The van der Waals surface area contributed by atoms with Crippen molar-refractivity contribution in [3.8, 4) is 0 Å². The molecule has 0 aliphatic heterocycles. The van der Waals surface area contributed by atoms with E-state index in [2.05, 4.69) is 9.97 Å². The van der Waals surface area contributed by atoms with Crippen molar-refractivity contribution in [2.75, 3.05) is 25.7 Å². The SMILES string of the molecule is CCO[Si](CCCCl)(OCC)OCC.c1c[nH]cn1. The van der Waals surface area contributed by atoms with Gasteiger partial charge in [-0.15, -0.1) is 11.6 Å². The predicted molar refractivity (Wildman–Crippen MR) is 79.4 cm³/mol. The van der Waals surface area contributed by atoms with Crippen LogP contribution in [0.4, 0.5) is 0 Å². The lowest BCUT2D eigenvalue weighted by Crippen LogP contribution is -2.46. The van der Waals surface area contributed by atoms with E-state index in [1.54, 1.807) is 18.7 Å². The summed E-state index contributed by atoms with van der Waals surface area (Å²) in [5, 5.41) is 0. The maximum atomic E-state index is 5.66. The number of nitrogens with zero attached hydrogens (tertiary/aromatic N) is 1. The minimum absolute atomic E-state index is 0.627. The molecule has 0 saturated heterocycles. The smallest absolute Gasteiger partial charge is 0.374 e. The number of halogens is 1. The zero-order valence-electron chi connectivity index (χ0n) is 12.0. The lowest BCUT2D eigenvalue weighted by molar-refractivity contribution is 0.0712. The van der Waals surface area contributed by atoms with E-state index in [-0.39, 0.29) is 0 Å². The summed E-state index contributed by atoms with van der Waals surface area (Å²) in [5.74, 6) is 0.627. The van der Waals surface area contributed by atoms with Crippen molar-refractivity contribution in [2.24, 2.45) is 0 Å². The van der Waals surface area contributed by atoms with Crippen LogP contribution in [-0.2, 0) is 13.3 Å². The van der Waals surface area contributed by atoms with Crippen LogP contribution in [0.1, 0.15) is 27.2 Å². The number of hydrogen-bond donors (Lipinski definition) is 1. The maximum Gasteiger partial charge on any atom is 0.500 e. The Hall–Kier alpha value is -0.403. The van der Waals surface area contributed by atoms with Gasteiger partial charge in [0.25, 0.3) is 0 Å². The Morgan fingerprint density at radius 1 is 1.11 bits per heavy atom. The summed E-state index contributed by atoms with van der Waals surface area (Å²) in [5.41, 5.74) is 0. The fourth-order valence-electron chi connectivity index (χ4n) is 1.50. The van der Waals surface area contributed by atoms with Crippen LogP contribution in [0.5, 0.6) is 0 Å². The molecule has 1 aromatic rings. The second-order valence-corrected chi connectivity index (χ2v) is 6.65. The van der Waals surface area contributed by atoms with Crippen molar-refractivity contribution >= 4 is 20.4 Å². The zero-order chi connectivity index (χ0) is 14.4. The highest BCUT2D eigenvalue weighted by Crippen LogP contribution is 2.18. The fraction of sp³-hybridized carbons (Fsp3) is 0.750. The third-order valence-corrected chi connectivity index (χ3v) is 5.53. The summed E-state index contributed by atoms with van der Waals surface area (Å²) in [6.45, 7) is 7.78. The molecule has 1 aromatic heterocycles. The van der Waals surface area contributed by atoms with Gasteiger partial charge in [-0.2, -0.15) is 0 Å². The molecule has 0 bridgehead atoms. The van der Waals surface area contributed by atoms with Crippen molar-refractivity contribution in [3.05, 3.63) is 18.7 Å². The van der Waals surface area contributed by atoms with Crippen molar-refractivity contribution in [3.63, 3.8) is 0 Å². The molecule has 0 aliphatic carbocycles. The molecule has 0 aromatic carbocycles. The normalized spacial score (nSPS) is 10.9. The summed E-state index contributed by atoms with van der Waals surface area (Å²) in [7, 11) is -2.40. The minimum atomic E-state index is -2.40. The van der Waals surface area contributed by atoms with Gasteiger partial charge in [0.15, 0.2) is 0 Å². The Morgan fingerprint density at radius 2 is 1.68 bits per heavy atom. The summed E-state index contributed by atoms with van der Waals surface area (Å²) < 4.78 is 16.9. The second kappa shape index (κ2) is 12.6. The molecule has 0 spiro atoms. The monoisotopic (exact) mass is 308 g/mol. The molecule has 1 N–H and O–H groups in total. The number of alkyl halides is 1. The molecule has 0 saturated carbocycles. The fourth-order valence-corrected chi connectivity index (χ4v) is 4.47. The van der Waals surface area contributed by atoms with Crippen LogP contribution in [-0.4, -0.2) is 44.5 Å². The summed E-state index contributed by atoms with van der Waals surface area (Å²) in [4.78, 5) is 6.42. The van der Waals surface area contributed by atoms with Crippen LogP contribution >= 0.6 is 11.6 Å². The lowest BCUT2D eigenvalue weighted by Gasteiger charge is -2.28. The molecule has 0 aliphatic rings. The van der Waals surface area contributed by atoms with E-state index >= 15 is 0 Å². The molecule has 1 rings (SSSR count). The van der Waals surface area contributed by atoms with Gasteiger partial charge >= 0.3 is 8.80 Å². The van der Waals surface area contributed by atoms with Crippen LogP contribution in [0.25, 0.3) is 0 Å². The van der Waals surface area contributed by atoms with Crippen molar-refractivity contribution < 1.29 is 13.3 Å². The largest absolute Gasteiger partial charge is 0.500 e. The minimum Gasteiger partial charge on any atom is -0.374 e. The molecule has 0 unspecified atom stereocenters. The number of aromatic amines is 1. The molecule has 112 valence electrons. The van der Waals surface area contributed by atoms with Gasteiger partial charge in [0, 0.05) is 44.1 Å². The van der Waals surface area contributed by atoms with Gasteiger partial charge in [-0.1, -0.05) is 0 Å². The van der Waals surface area contributed by atoms with Crippen LogP contribution in [0.2, 0.25) is 6.04 Å². The van der Waals surface area contributed by atoms with E-state index in [1.165, 1.54) is 0 Å². The van der Waals surface area contributed by atoms with E-state index in [0.29, 0.717) is 25.7 Å². The van der Waals surface area contributed by atoms with Gasteiger partial charge in [0.1, 0.15) is 0 Å². The van der Waals surface area contributed by atoms with Gasteiger partial charge in [-0.3, -0.25) is 0 Å². The molecule has 19 heavy (non-hydrogen) atoms. The number of aromatic nitrogens is 2. The Morgan fingerprint density at radius 3 is 1.95 bits per heavy atom. The van der Waals surface area contributed by atoms with Crippen molar-refractivity contribution in [1.82, 2.24) is 9.97 Å². The molecular formula is C12H25ClN2O3Si. The van der Waals surface area contributed by atoms with E-state index in [1.807, 2.05) is 20.8 Å². The summed E-state index contributed by atoms with van der Waals surface area (Å²) in [6, 6.07) is 0.812. The van der Waals surface area contributed by atoms with Gasteiger partial charge < -0.3 is 18.3 Å². The zero-order valence-corrected chi connectivity index (χ0v) is 13.8. The van der Waals surface area contributed by atoms with E-state index in [4.69, 9.17) is 24.9 Å². The highest BCUT2D eigenvalue weighted by atomic mass is 35.5. The Balaban J connectivity index is 0.000000532. The van der Waals surface area contributed by atoms with Crippen LogP contribution in [0.3, 0.4) is 0 Å². The van der Waals surface area contributed by atoms with Crippen LogP contribution < -0.4 is 0 Å². The first-order chi connectivity index (χ1) is 9.24. The molecule has 0 radical (unpaired) electrons. The molecular weight excluding hydrogens is 284 g/mol. The number of H-pyrrole nitrogens is 1. The molecule has 1 heterocycles. The standard InChI is InChI=1S/C9H21ClO3Si.C3H4N2/c1-4-11-14(12-5-2,13-6-3)9-7-8-10;1-2-5-3-4-1/h4-9H2,1-3H3;1-3H,(H,4,5). The van der Waals surface area contributed by atoms with Gasteiger partial charge in [0.2, 0.25) is 0 Å². The topological polar surface area (TPSA) is 56.4 Å². The molecule has 0 atom stereocenters. The first kappa shape index (κ1) is 18.6. The Bertz CT molecular complexity index is 242. The molecule has 0 fully saturated rings. The number of hydrogen-bond acceptors (Lipinski definition) is 4.